The van der Waals surface area contributed by atoms with E-state index in [1.54, 1.807) is 0 Å². The van der Waals surface area contributed by atoms with Crippen molar-refractivity contribution in [2.75, 3.05) is 12.4 Å². The molecule has 2 rings (SSSR count). The highest BCUT2D eigenvalue weighted by molar-refractivity contribution is 5.94. The maximum Gasteiger partial charge on any atom is 0.309 e. The minimum absolute atomic E-state index is 0.0493. The Labute approximate surface area is 93.6 Å². The average Bonchev–Trinajstić information content (AvgIpc) is 2.29. The number of carbonyl (C=O) groups is 2. The first-order chi connectivity index (χ1) is 7.69. The molecule has 0 saturated heterocycles. The lowest BCUT2D eigenvalue weighted by Crippen LogP contribution is -2.19. The van der Waals surface area contributed by atoms with Crippen LogP contribution in [0.1, 0.15) is 17.5 Å². The summed E-state index contributed by atoms with van der Waals surface area (Å²) in [5.41, 5.74) is 2.85. The van der Waals surface area contributed by atoms with Gasteiger partial charge in [0.05, 0.1) is 13.5 Å². The summed E-state index contributed by atoms with van der Waals surface area (Å²) < 4.78 is 4.61. The zero-order chi connectivity index (χ0) is 11.5. The van der Waals surface area contributed by atoms with E-state index in [0.29, 0.717) is 6.42 Å². The quantitative estimate of drug-likeness (QED) is 0.762. The molecule has 1 aromatic carbocycles. The van der Waals surface area contributed by atoms with E-state index in [0.717, 1.165) is 23.2 Å². The van der Waals surface area contributed by atoms with E-state index in [9.17, 15) is 9.59 Å². The third-order valence-electron chi connectivity index (χ3n) is 2.64. The molecule has 4 heteroatoms. The van der Waals surface area contributed by atoms with Crippen molar-refractivity contribution in [3.8, 4) is 0 Å². The number of benzene rings is 1. The Hall–Kier alpha value is -1.84. The highest BCUT2D eigenvalue weighted by Crippen LogP contribution is 2.23. The molecule has 0 unspecified atom stereocenters. The number of aryl methyl sites for hydroxylation is 1. The van der Waals surface area contributed by atoms with Crippen molar-refractivity contribution in [1.82, 2.24) is 0 Å². The number of methoxy groups -OCH3 is 1. The van der Waals surface area contributed by atoms with Gasteiger partial charge in [-0.15, -0.1) is 0 Å². The second-order valence-corrected chi connectivity index (χ2v) is 3.79. The summed E-state index contributed by atoms with van der Waals surface area (Å²) in [6, 6.07) is 5.62. The minimum atomic E-state index is -0.250. The number of rotatable bonds is 2. The number of amides is 1. The number of anilines is 1. The Morgan fingerprint density at radius 2 is 2.25 bits per heavy atom. The first kappa shape index (κ1) is 10.7. The molecular weight excluding hydrogens is 206 g/mol. The zero-order valence-corrected chi connectivity index (χ0v) is 9.08. The number of fused-ring (bicyclic) bond motifs is 1. The van der Waals surface area contributed by atoms with Crippen LogP contribution in [0.3, 0.4) is 0 Å². The summed E-state index contributed by atoms with van der Waals surface area (Å²) in [6.07, 6.45) is 1.52. The highest BCUT2D eigenvalue weighted by atomic mass is 16.5. The molecule has 1 aliphatic rings. The number of carbonyl (C=O) groups excluding carboxylic acids is 2. The molecule has 0 aromatic heterocycles. The minimum Gasteiger partial charge on any atom is -0.469 e. The Morgan fingerprint density at radius 1 is 1.44 bits per heavy atom. The van der Waals surface area contributed by atoms with Crippen LogP contribution in [0, 0.1) is 0 Å². The molecule has 84 valence electrons. The van der Waals surface area contributed by atoms with Crippen molar-refractivity contribution in [3.05, 3.63) is 29.3 Å². The molecule has 1 N–H and O–H groups in total. The summed E-state index contributed by atoms with van der Waals surface area (Å²) in [6.45, 7) is 0. The normalized spacial score (nSPS) is 13.9. The standard InChI is InChI=1S/C12H13NO3/c1-16-12(15)7-8-2-4-10-9(6-8)3-5-11(14)13-10/h2,4,6H,3,5,7H2,1H3,(H,13,14). The molecule has 0 fully saturated rings. The Kier molecular flexibility index (Phi) is 2.90. The predicted octanol–water partition coefficient (Wildman–Crippen LogP) is 1.29. The van der Waals surface area contributed by atoms with Crippen LogP contribution in [-0.2, 0) is 27.2 Å². The van der Waals surface area contributed by atoms with Gasteiger partial charge in [0.25, 0.3) is 0 Å². The summed E-state index contributed by atoms with van der Waals surface area (Å²) in [5, 5.41) is 2.80. The van der Waals surface area contributed by atoms with E-state index in [4.69, 9.17) is 0 Å². The second kappa shape index (κ2) is 4.35. The molecule has 1 aliphatic heterocycles. The number of ether oxygens (including phenoxy) is 1. The summed E-state index contributed by atoms with van der Waals surface area (Å²) in [5.74, 6) is -0.201. The molecule has 1 aromatic rings. The van der Waals surface area contributed by atoms with Gasteiger partial charge in [-0.05, 0) is 23.6 Å². The molecule has 16 heavy (non-hydrogen) atoms. The van der Waals surface area contributed by atoms with Gasteiger partial charge in [-0.2, -0.15) is 0 Å². The van der Waals surface area contributed by atoms with Crippen LogP contribution >= 0.6 is 0 Å². The first-order valence-electron chi connectivity index (χ1n) is 5.17. The Bertz CT molecular complexity index is 440. The first-order valence-corrected chi connectivity index (χ1v) is 5.17. The monoisotopic (exact) mass is 219 g/mol. The van der Waals surface area contributed by atoms with Crippen LogP contribution in [0.25, 0.3) is 0 Å². The van der Waals surface area contributed by atoms with Crippen molar-refractivity contribution in [2.24, 2.45) is 0 Å². The lowest BCUT2D eigenvalue weighted by atomic mass is 9.99. The number of hydrogen-bond donors (Lipinski definition) is 1. The fourth-order valence-corrected chi connectivity index (χ4v) is 1.79. The third kappa shape index (κ3) is 2.21. The second-order valence-electron chi connectivity index (χ2n) is 3.79. The maximum atomic E-state index is 11.1. The van der Waals surface area contributed by atoms with Crippen molar-refractivity contribution in [1.29, 1.82) is 0 Å². The van der Waals surface area contributed by atoms with E-state index in [2.05, 4.69) is 10.1 Å². The summed E-state index contributed by atoms with van der Waals surface area (Å²) in [7, 11) is 1.38. The van der Waals surface area contributed by atoms with E-state index >= 15 is 0 Å². The van der Waals surface area contributed by atoms with Crippen molar-refractivity contribution >= 4 is 17.6 Å². The Balaban J connectivity index is 2.19. The van der Waals surface area contributed by atoms with Crippen LogP contribution in [0.15, 0.2) is 18.2 Å². The van der Waals surface area contributed by atoms with E-state index in [1.165, 1.54) is 7.11 Å². The molecule has 4 nitrogen and oxygen atoms in total. The summed E-state index contributed by atoms with van der Waals surface area (Å²) >= 11 is 0. The van der Waals surface area contributed by atoms with Crippen LogP contribution in [0.5, 0.6) is 0 Å². The van der Waals surface area contributed by atoms with Crippen molar-refractivity contribution in [2.45, 2.75) is 19.3 Å². The molecule has 0 atom stereocenters. The molecule has 0 aliphatic carbocycles. The molecule has 0 bridgehead atoms. The van der Waals surface area contributed by atoms with Gasteiger partial charge in [0.2, 0.25) is 5.91 Å². The molecule has 1 amide bonds. The fraction of sp³-hybridized carbons (Fsp3) is 0.333. The van der Waals surface area contributed by atoms with Crippen LogP contribution < -0.4 is 5.32 Å². The number of nitrogens with one attached hydrogen (secondary N) is 1. The topological polar surface area (TPSA) is 55.4 Å². The lowest BCUT2D eigenvalue weighted by molar-refractivity contribution is -0.139. The smallest absolute Gasteiger partial charge is 0.309 e. The maximum absolute atomic E-state index is 11.1. The van der Waals surface area contributed by atoms with E-state index in [-0.39, 0.29) is 18.3 Å². The molecule has 1 heterocycles. The molecule has 0 radical (unpaired) electrons. The summed E-state index contributed by atoms with van der Waals surface area (Å²) in [4.78, 5) is 22.3. The van der Waals surface area contributed by atoms with Crippen molar-refractivity contribution < 1.29 is 14.3 Å². The number of esters is 1. The SMILES string of the molecule is COC(=O)Cc1ccc2c(c1)CCC(=O)N2. The third-order valence-corrected chi connectivity index (χ3v) is 2.64. The number of hydrogen-bond acceptors (Lipinski definition) is 3. The van der Waals surface area contributed by atoms with Crippen molar-refractivity contribution in [3.63, 3.8) is 0 Å². The molecule has 0 spiro atoms. The van der Waals surface area contributed by atoms with Gasteiger partial charge < -0.3 is 10.1 Å². The van der Waals surface area contributed by atoms with E-state index < -0.39 is 0 Å². The molecular formula is C12H13NO3. The van der Waals surface area contributed by atoms with Gasteiger partial charge in [-0.1, -0.05) is 12.1 Å². The predicted molar refractivity (Wildman–Crippen MR) is 59.1 cm³/mol. The van der Waals surface area contributed by atoms with Gasteiger partial charge in [0.1, 0.15) is 0 Å². The van der Waals surface area contributed by atoms with Crippen LogP contribution in [-0.4, -0.2) is 19.0 Å². The zero-order valence-electron chi connectivity index (χ0n) is 9.08. The average molecular weight is 219 g/mol. The van der Waals surface area contributed by atoms with Gasteiger partial charge >= 0.3 is 5.97 Å². The van der Waals surface area contributed by atoms with E-state index in [1.807, 2.05) is 18.2 Å². The highest BCUT2D eigenvalue weighted by Gasteiger charge is 2.15. The molecule has 0 saturated carbocycles. The Morgan fingerprint density at radius 3 is 3.00 bits per heavy atom. The largest absolute Gasteiger partial charge is 0.469 e. The van der Waals surface area contributed by atoms with Crippen LogP contribution in [0.2, 0.25) is 0 Å². The lowest BCUT2D eigenvalue weighted by Gasteiger charge is -2.17. The van der Waals surface area contributed by atoms with Gasteiger partial charge in [0.15, 0.2) is 0 Å². The van der Waals surface area contributed by atoms with Crippen LogP contribution in [0.4, 0.5) is 5.69 Å². The van der Waals surface area contributed by atoms with Gasteiger partial charge in [-0.25, -0.2) is 0 Å². The van der Waals surface area contributed by atoms with Gasteiger partial charge in [0, 0.05) is 12.1 Å². The fourth-order valence-electron chi connectivity index (χ4n) is 1.79. The van der Waals surface area contributed by atoms with Gasteiger partial charge in [-0.3, -0.25) is 9.59 Å².